The van der Waals surface area contributed by atoms with Crippen molar-refractivity contribution in [3.8, 4) is 0 Å². The third-order valence-electron chi connectivity index (χ3n) is 3.94. The lowest BCUT2D eigenvalue weighted by Crippen LogP contribution is -2.44. The predicted octanol–water partition coefficient (Wildman–Crippen LogP) is 1.84. The topological polar surface area (TPSA) is 52.6 Å². The van der Waals surface area contributed by atoms with Gasteiger partial charge in [-0.2, -0.15) is 0 Å². The van der Waals surface area contributed by atoms with E-state index < -0.39 is 0 Å². The molecule has 1 rings (SSSR count). The van der Waals surface area contributed by atoms with Crippen molar-refractivity contribution in [2.24, 2.45) is 11.3 Å². The number of aliphatic hydroxyl groups excluding tert-OH is 1. The first-order valence-electron chi connectivity index (χ1n) is 6.57. The van der Waals surface area contributed by atoms with Gasteiger partial charge in [0, 0.05) is 20.1 Å². The number of hydrogen-bond donors (Lipinski definition) is 2. The van der Waals surface area contributed by atoms with Crippen molar-refractivity contribution in [3.63, 3.8) is 0 Å². The predicted molar refractivity (Wildman–Crippen MR) is 68.9 cm³/mol. The first-order valence-corrected chi connectivity index (χ1v) is 6.57. The van der Waals surface area contributed by atoms with Crippen LogP contribution in [0.4, 0.5) is 4.79 Å². The van der Waals surface area contributed by atoms with Crippen LogP contribution >= 0.6 is 0 Å². The fourth-order valence-electron chi connectivity index (χ4n) is 2.54. The van der Waals surface area contributed by atoms with E-state index in [2.05, 4.69) is 19.2 Å². The Labute approximate surface area is 104 Å². The van der Waals surface area contributed by atoms with Crippen LogP contribution in [0.15, 0.2) is 0 Å². The molecule has 0 aromatic carbocycles. The number of nitrogens with zero attached hydrogens (tertiary/aromatic N) is 1. The fourth-order valence-corrected chi connectivity index (χ4v) is 2.54. The summed E-state index contributed by atoms with van der Waals surface area (Å²) in [5.41, 5.74) is 0.173. The maximum absolute atomic E-state index is 11.7. The number of likely N-dealkylation sites (N-methyl/N-ethyl adjacent to an activating group) is 1. The van der Waals surface area contributed by atoms with E-state index >= 15 is 0 Å². The molecule has 0 saturated heterocycles. The smallest absolute Gasteiger partial charge is 0.317 e. The highest BCUT2D eigenvalue weighted by molar-refractivity contribution is 5.73. The van der Waals surface area contributed by atoms with Gasteiger partial charge in [-0.25, -0.2) is 4.79 Å². The molecule has 1 saturated carbocycles. The lowest BCUT2D eigenvalue weighted by molar-refractivity contribution is 0.172. The minimum atomic E-state index is -0.0925. The number of aliphatic hydroxyl groups is 1. The summed E-state index contributed by atoms with van der Waals surface area (Å²) in [6.07, 6.45) is 5.23. The molecule has 0 heterocycles. The van der Waals surface area contributed by atoms with Crippen molar-refractivity contribution in [2.75, 3.05) is 26.7 Å². The third-order valence-corrected chi connectivity index (χ3v) is 3.94. The Balaban J connectivity index is 2.35. The van der Waals surface area contributed by atoms with Gasteiger partial charge in [0.25, 0.3) is 0 Å². The fraction of sp³-hybridized carbons (Fsp3) is 0.923. The molecular weight excluding hydrogens is 216 g/mol. The van der Waals surface area contributed by atoms with Crippen molar-refractivity contribution in [3.05, 3.63) is 0 Å². The molecule has 0 aliphatic heterocycles. The van der Waals surface area contributed by atoms with E-state index in [0.29, 0.717) is 13.1 Å². The van der Waals surface area contributed by atoms with Crippen LogP contribution in [0.25, 0.3) is 0 Å². The lowest BCUT2D eigenvalue weighted by atomic mass is 9.78. The summed E-state index contributed by atoms with van der Waals surface area (Å²) >= 11 is 0. The van der Waals surface area contributed by atoms with Crippen LogP contribution in [0.3, 0.4) is 0 Å². The van der Waals surface area contributed by atoms with Gasteiger partial charge in [0.1, 0.15) is 0 Å². The van der Waals surface area contributed by atoms with Crippen LogP contribution in [-0.4, -0.2) is 42.8 Å². The largest absolute Gasteiger partial charge is 0.395 e. The van der Waals surface area contributed by atoms with E-state index in [1.807, 2.05) is 0 Å². The summed E-state index contributed by atoms with van der Waals surface area (Å²) in [5, 5.41) is 11.7. The Morgan fingerprint density at radius 2 is 2.00 bits per heavy atom. The molecule has 1 fully saturated rings. The van der Waals surface area contributed by atoms with Crippen molar-refractivity contribution < 1.29 is 9.90 Å². The second-order valence-electron chi connectivity index (χ2n) is 5.77. The molecule has 17 heavy (non-hydrogen) atoms. The molecule has 1 aliphatic carbocycles. The zero-order chi connectivity index (χ0) is 12.9. The molecule has 0 atom stereocenters. The Morgan fingerprint density at radius 3 is 2.53 bits per heavy atom. The van der Waals surface area contributed by atoms with Gasteiger partial charge in [-0.15, -0.1) is 0 Å². The molecule has 4 nitrogen and oxygen atoms in total. The molecule has 0 unspecified atom stereocenters. The number of carbonyl (C=O) groups excluding carboxylic acids is 1. The molecule has 4 heteroatoms. The van der Waals surface area contributed by atoms with Crippen molar-refractivity contribution in [1.29, 1.82) is 0 Å². The van der Waals surface area contributed by atoms with Crippen LogP contribution in [0.1, 0.15) is 39.5 Å². The average molecular weight is 242 g/mol. The highest BCUT2D eigenvalue weighted by atomic mass is 16.3. The Kier molecular flexibility index (Phi) is 5.25. The van der Waals surface area contributed by atoms with Gasteiger partial charge >= 0.3 is 6.03 Å². The zero-order valence-corrected chi connectivity index (χ0v) is 11.3. The minimum absolute atomic E-state index is 0.00986. The number of carbonyl (C=O) groups is 1. The number of amides is 2. The highest BCUT2D eigenvalue weighted by Gasteiger charge is 2.32. The van der Waals surface area contributed by atoms with E-state index in [0.717, 1.165) is 5.92 Å². The normalized spacial score (nSPS) is 17.2. The summed E-state index contributed by atoms with van der Waals surface area (Å²) in [7, 11) is 1.70. The van der Waals surface area contributed by atoms with Gasteiger partial charge in [-0.3, -0.25) is 0 Å². The molecule has 1 aliphatic rings. The number of hydrogen-bond acceptors (Lipinski definition) is 2. The number of urea groups is 1. The summed E-state index contributed by atoms with van der Waals surface area (Å²) in [5.74, 6) is 0.728. The van der Waals surface area contributed by atoms with Crippen LogP contribution in [0.5, 0.6) is 0 Å². The number of nitrogens with one attached hydrogen (secondary N) is 1. The summed E-state index contributed by atoms with van der Waals surface area (Å²) < 4.78 is 0. The molecular formula is C13H26N2O2. The second-order valence-corrected chi connectivity index (χ2v) is 5.77. The van der Waals surface area contributed by atoms with Crippen molar-refractivity contribution in [2.45, 2.75) is 39.5 Å². The third kappa shape index (κ3) is 4.19. The van der Waals surface area contributed by atoms with Gasteiger partial charge < -0.3 is 15.3 Å². The Morgan fingerprint density at radius 1 is 1.41 bits per heavy atom. The minimum Gasteiger partial charge on any atom is -0.395 e. The quantitative estimate of drug-likeness (QED) is 0.773. The maximum Gasteiger partial charge on any atom is 0.317 e. The van der Waals surface area contributed by atoms with Crippen molar-refractivity contribution in [1.82, 2.24) is 10.2 Å². The van der Waals surface area contributed by atoms with E-state index in [4.69, 9.17) is 5.11 Å². The molecule has 0 aromatic rings. The lowest BCUT2D eigenvalue weighted by Gasteiger charge is -2.32. The van der Waals surface area contributed by atoms with Crippen LogP contribution in [-0.2, 0) is 0 Å². The van der Waals surface area contributed by atoms with E-state index in [9.17, 15) is 4.79 Å². The molecule has 2 amide bonds. The zero-order valence-electron chi connectivity index (χ0n) is 11.3. The van der Waals surface area contributed by atoms with Gasteiger partial charge in [0.05, 0.1) is 6.61 Å². The van der Waals surface area contributed by atoms with Gasteiger partial charge in [0.15, 0.2) is 0 Å². The highest BCUT2D eigenvalue weighted by Crippen LogP contribution is 2.38. The molecule has 100 valence electrons. The van der Waals surface area contributed by atoms with Gasteiger partial charge in [0.2, 0.25) is 0 Å². The SMILES string of the molecule is CN(CCO)C(=O)NCC(C)(C)C1CCCC1. The van der Waals surface area contributed by atoms with Crippen molar-refractivity contribution >= 4 is 6.03 Å². The van der Waals surface area contributed by atoms with E-state index in [1.165, 1.54) is 30.6 Å². The maximum atomic E-state index is 11.7. The van der Waals surface area contributed by atoms with Crippen LogP contribution < -0.4 is 5.32 Å². The Bertz CT molecular complexity index is 248. The first-order chi connectivity index (χ1) is 7.97. The second kappa shape index (κ2) is 6.24. The van der Waals surface area contributed by atoms with Crippen LogP contribution in [0.2, 0.25) is 0 Å². The summed E-state index contributed by atoms with van der Waals surface area (Å²) in [6.45, 7) is 5.57. The standard InChI is InChI=1S/C13H26N2O2/c1-13(2,11-6-4-5-7-11)10-14-12(17)15(3)8-9-16/h11,16H,4-10H2,1-3H3,(H,14,17). The monoisotopic (exact) mass is 242 g/mol. The molecule has 0 bridgehead atoms. The van der Waals surface area contributed by atoms with E-state index in [-0.39, 0.29) is 18.1 Å². The number of rotatable bonds is 5. The Hall–Kier alpha value is -0.770. The summed E-state index contributed by atoms with van der Waals surface area (Å²) in [4.78, 5) is 13.2. The van der Waals surface area contributed by atoms with Gasteiger partial charge in [-0.1, -0.05) is 26.7 Å². The summed E-state index contributed by atoms with van der Waals surface area (Å²) in [6, 6.07) is -0.0925. The van der Waals surface area contributed by atoms with E-state index in [1.54, 1.807) is 7.05 Å². The molecule has 0 radical (unpaired) electrons. The van der Waals surface area contributed by atoms with Gasteiger partial charge in [-0.05, 0) is 24.2 Å². The first kappa shape index (κ1) is 14.3. The average Bonchev–Trinajstić information content (AvgIpc) is 2.80. The van der Waals surface area contributed by atoms with Crippen LogP contribution in [0, 0.1) is 11.3 Å². The molecule has 2 N–H and O–H groups in total. The molecule has 0 spiro atoms. The molecule has 0 aromatic heterocycles.